The van der Waals surface area contributed by atoms with Gasteiger partial charge in [-0.05, 0) is 13.8 Å². The monoisotopic (exact) mass is 299 g/mol. The van der Waals surface area contributed by atoms with Crippen LogP contribution in [0.25, 0.3) is 0 Å². The summed E-state index contributed by atoms with van der Waals surface area (Å²) >= 11 is 0. The fraction of sp³-hybridized carbons (Fsp3) is 1.00. The molecule has 0 amide bonds. The predicted octanol–water partition coefficient (Wildman–Crippen LogP) is -0.131. The molecular weight excluding hydrogens is 287 g/mol. The molecule has 0 saturated heterocycles. The molecule has 17 heavy (non-hydrogen) atoms. The third kappa shape index (κ3) is 4.41. The minimum atomic E-state index is -6.04. The number of sulfonamides is 2. The lowest BCUT2D eigenvalue weighted by Crippen LogP contribution is -2.49. The molecule has 0 aromatic heterocycles. The minimum Gasteiger partial charge on any atom is -0.389 e. The predicted molar refractivity (Wildman–Crippen MR) is 52.8 cm³/mol. The van der Waals surface area contributed by atoms with Crippen LogP contribution in [0, 0.1) is 0 Å². The molecule has 6 nitrogen and oxygen atoms in total. The second-order valence-electron chi connectivity index (χ2n) is 3.96. The maximum Gasteiger partial charge on any atom is 0.512 e. The molecule has 11 heteroatoms. The van der Waals surface area contributed by atoms with Crippen LogP contribution in [0.15, 0.2) is 0 Å². The number of alkyl halides is 3. The lowest BCUT2D eigenvalue weighted by Gasteiger charge is -2.26. The molecule has 104 valence electrons. The highest BCUT2D eigenvalue weighted by Crippen LogP contribution is 2.29. The number of hydrogen-bond donors (Lipinski definition) is 1. The van der Waals surface area contributed by atoms with Crippen molar-refractivity contribution in [1.29, 1.82) is 0 Å². The molecule has 0 aliphatic carbocycles. The summed E-state index contributed by atoms with van der Waals surface area (Å²) in [5.74, 6) is 0. The summed E-state index contributed by atoms with van der Waals surface area (Å²) in [6.07, 6.45) is 0.308. The first-order valence-electron chi connectivity index (χ1n) is 4.10. The Morgan fingerprint density at radius 3 is 1.65 bits per heavy atom. The molecule has 0 spiro atoms. The highest BCUT2D eigenvalue weighted by atomic mass is 32.3. The van der Waals surface area contributed by atoms with E-state index in [1.165, 1.54) is 0 Å². The van der Waals surface area contributed by atoms with Crippen molar-refractivity contribution in [2.45, 2.75) is 25.0 Å². The van der Waals surface area contributed by atoms with Crippen molar-refractivity contribution < 1.29 is 35.1 Å². The van der Waals surface area contributed by atoms with E-state index in [-0.39, 0.29) is 0 Å². The topological polar surface area (TPSA) is 91.8 Å². The Bertz CT molecular complexity index is 473. The fourth-order valence-corrected chi connectivity index (χ4v) is 3.76. The van der Waals surface area contributed by atoms with Crippen LogP contribution < -0.4 is 0 Å². The first kappa shape index (κ1) is 16.6. The summed E-state index contributed by atoms with van der Waals surface area (Å²) in [4.78, 5) is 0. The van der Waals surface area contributed by atoms with E-state index < -0.39 is 41.4 Å². The number of halogens is 3. The molecule has 0 aliphatic heterocycles. The Morgan fingerprint density at radius 2 is 1.47 bits per heavy atom. The van der Waals surface area contributed by atoms with Gasteiger partial charge in [0.1, 0.15) is 0 Å². The number of nitrogens with zero attached hydrogens (tertiary/aromatic N) is 1. The van der Waals surface area contributed by atoms with Gasteiger partial charge in [0, 0.05) is 0 Å². The molecular formula is C6H12F3NO5S2. The summed E-state index contributed by atoms with van der Waals surface area (Å²) in [6, 6.07) is 0. The fourth-order valence-electron chi connectivity index (χ4n) is 0.812. The summed E-state index contributed by atoms with van der Waals surface area (Å²) in [6.45, 7) is 0.752. The van der Waals surface area contributed by atoms with Gasteiger partial charge in [-0.25, -0.2) is 16.8 Å². The van der Waals surface area contributed by atoms with E-state index in [9.17, 15) is 35.1 Å². The summed E-state index contributed by atoms with van der Waals surface area (Å²) in [7, 11) is -10.7. The van der Waals surface area contributed by atoms with Gasteiger partial charge >= 0.3 is 15.5 Å². The van der Waals surface area contributed by atoms with Crippen LogP contribution in [0.4, 0.5) is 13.2 Å². The van der Waals surface area contributed by atoms with Crippen molar-refractivity contribution in [3.8, 4) is 0 Å². The van der Waals surface area contributed by atoms with E-state index >= 15 is 0 Å². The van der Waals surface area contributed by atoms with Gasteiger partial charge in [-0.15, -0.1) is 0 Å². The Balaban J connectivity index is 5.71. The van der Waals surface area contributed by atoms with Gasteiger partial charge in [0.15, 0.2) is 0 Å². The molecule has 1 N–H and O–H groups in total. The van der Waals surface area contributed by atoms with Crippen LogP contribution >= 0.6 is 0 Å². The Hall–Kier alpha value is -0.390. The van der Waals surface area contributed by atoms with Crippen molar-refractivity contribution in [2.24, 2.45) is 0 Å². The van der Waals surface area contributed by atoms with Gasteiger partial charge in [-0.2, -0.15) is 13.2 Å². The van der Waals surface area contributed by atoms with Gasteiger partial charge < -0.3 is 5.11 Å². The average Bonchev–Trinajstić information content (AvgIpc) is 1.93. The van der Waals surface area contributed by atoms with E-state index in [4.69, 9.17) is 0 Å². The summed E-state index contributed by atoms with van der Waals surface area (Å²) in [5, 5.41) is 9.24. The van der Waals surface area contributed by atoms with Crippen LogP contribution in [-0.4, -0.2) is 49.6 Å². The highest BCUT2D eigenvalue weighted by molar-refractivity contribution is 8.04. The number of rotatable bonds is 4. The largest absolute Gasteiger partial charge is 0.512 e. The lowest BCUT2D eigenvalue weighted by molar-refractivity contribution is -0.0481. The van der Waals surface area contributed by atoms with Gasteiger partial charge in [0.2, 0.25) is 10.0 Å². The number of hydrogen-bond acceptors (Lipinski definition) is 5. The van der Waals surface area contributed by atoms with Crippen molar-refractivity contribution in [1.82, 2.24) is 3.71 Å². The maximum atomic E-state index is 12.2. The van der Waals surface area contributed by atoms with Crippen LogP contribution in [0.1, 0.15) is 13.8 Å². The van der Waals surface area contributed by atoms with E-state index in [0.29, 0.717) is 6.26 Å². The SMILES string of the molecule is CC(C)(O)CN(S(C)(=O)=O)S(=O)(=O)C(F)(F)F. The second-order valence-corrected chi connectivity index (χ2v) is 7.95. The van der Waals surface area contributed by atoms with Crippen LogP contribution in [0.5, 0.6) is 0 Å². The molecule has 0 fully saturated rings. The molecule has 0 heterocycles. The summed E-state index contributed by atoms with van der Waals surface area (Å²) in [5.41, 5.74) is -7.68. The lowest BCUT2D eigenvalue weighted by atomic mass is 10.1. The highest BCUT2D eigenvalue weighted by Gasteiger charge is 2.54. The minimum absolute atomic E-state index is 0.308. The van der Waals surface area contributed by atoms with Crippen molar-refractivity contribution in [3.63, 3.8) is 0 Å². The first-order valence-corrected chi connectivity index (χ1v) is 7.39. The third-order valence-corrected chi connectivity index (χ3v) is 4.97. The van der Waals surface area contributed by atoms with E-state index in [0.717, 1.165) is 13.8 Å². The van der Waals surface area contributed by atoms with Crippen LogP contribution in [0.3, 0.4) is 0 Å². The number of aliphatic hydroxyl groups is 1. The molecule has 0 aliphatic rings. The molecule has 0 unspecified atom stereocenters. The molecule has 0 bridgehead atoms. The van der Waals surface area contributed by atoms with E-state index in [1.54, 1.807) is 0 Å². The standard InChI is InChI=1S/C6H12F3NO5S2/c1-5(2,11)4-10(16(3,12)13)17(14,15)6(7,8)9/h11H,4H2,1-3H3. The zero-order valence-corrected chi connectivity index (χ0v) is 10.8. The van der Waals surface area contributed by atoms with Gasteiger partial charge in [0.05, 0.1) is 18.4 Å². The van der Waals surface area contributed by atoms with Crippen LogP contribution in [0.2, 0.25) is 0 Å². The zero-order chi connectivity index (χ0) is 14.3. The molecule has 0 rings (SSSR count). The Labute approximate surface area is 97.1 Å². The smallest absolute Gasteiger partial charge is 0.389 e. The molecule has 0 saturated carbocycles. The van der Waals surface area contributed by atoms with Gasteiger partial charge in [-0.1, -0.05) is 3.71 Å². The quantitative estimate of drug-likeness (QED) is 0.780. The molecule has 0 aromatic carbocycles. The van der Waals surface area contributed by atoms with Crippen LogP contribution in [-0.2, 0) is 20.0 Å². The molecule has 0 atom stereocenters. The Morgan fingerprint density at radius 1 is 1.12 bits per heavy atom. The second kappa shape index (κ2) is 4.37. The van der Waals surface area contributed by atoms with E-state index in [2.05, 4.69) is 0 Å². The van der Waals surface area contributed by atoms with Gasteiger partial charge in [-0.3, -0.25) is 0 Å². The van der Waals surface area contributed by atoms with Crippen molar-refractivity contribution >= 4 is 20.0 Å². The zero-order valence-electron chi connectivity index (χ0n) is 9.18. The van der Waals surface area contributed by atoms with E-state index in [1.807, 2.05) is 0 Å². The van der Waals surface area contributed by atoms with Gasteiger partial charge in [0.25, 0.3) is 0 Å². The van der Waals surface area contributed by atoms with Crippen molar-refractivity contribution in [3.05, 3.63) is 0 Å². The first-order chi connectivity index (χ1) is 7.09. The third-order valence-electron chi connectivity index (χ3n) is 1.45. The summed E-state index contributed by atoms with van der Waals surface area (Å²) < 4.78 is 79.9. The molecule has 0 radical (unpaired) electrons. The average molecular weight is 299 g/mol. The van der Waals surface area contributed by atoms with Crippen molar-refractivity contribution in [2.75, 3.05) is 12.8 Å². The Kier molecular flexibility index (Phi) is 4.27. The molecule has 0 aromatic rings. The normalized spacial score (nSPS) is 15.3. The maximum absolute atomic E-state index is 12.2.